The summed E-state index contributed by atoms with van der Waals surface area (Å²) < 4.78 is 10.5. The summed E-state index contributed by atoms with van der Waals surface area (Å²) in [5.74, 6) is 0.944. The molecule has 6 heteroatoms. The Bertz CT molecular complexity index is 720. The minimum absolute atomic E-state index is 0.0281. The standard InChI is InChI=1S/C19H23ClN2O3/c1-13(2)22(12-14-8-6-5-7-9-14)19(23)21-16-11-17(24-3)15(20)10-18(16)25-4/h5-11,13H,12H2,1-4H3,(H,21,23). The van der Waals surface area contributed by atoms with Crippen molar-refractivity contribution in [3.8, 4) is 11.5 Å². The van der Waals surface area contributed by atoms with Crippen molar-refractivity contribution in [2.75, 3.05) is 19.5 Å². The molecule has 0 saturated carbocycles. The molecule has 0 saturated heterocycles. The van der Waals surface area contributed by atoms with Crippen LogP contribution in [-0.4, -0.2) is 31.2 Å². The van der Waals surface area contributed by atoms with E-state index in [-0.39, 0.29) is 12.1 Å². The third kappa shape index (κ3) is 4.79. The zero-order valence-corrected chi connectivity index (χ0v) is 15.6. The maximum Gasteiger partial charge on any atom is 0.322 e. The van der Waals surface area contributed by atoms with E-state index in [0.717, 1.165) is 5.56 Å². The Morgan fingerprint density at radius 3 is 2.32 bits per heavy atom. The topological polar surface area (TPSA) is 50.8 Å². The van der Waals surface area contributed by atoms with Gasteiger partial charge in [0.15, 0.2) is 0 Å². The van der Waals surface area contributed by atoms with Crippen LogP contribution < -0.4 is 14.8 Å². The van der Waals surface area contributed by atoms with Crippen LogP contribution in [0.3, 0.4) is 0 Å². The molecule has 0 fully saturated rings. The summed E-state index contributed by atoms with van der Waals surface area (Å²) in [5, 5.41) is 3.31. The second kappa shape index (κ2) is 8.62. The van der Waals surface area contributed by atoms with Crippen LogP contribution in [0.4, 0.5) is 10.5 Å². The van der Waals surface area contributed by atoms with E-state index in [1.165, 1.54) is 14.2 Å². The Hall–Kier alpha value is -2.40. The zero-order valence-electron chi connectivity index (χ0n) is 14.9. The van der Waals surface area contributed by atoms with Crippen LogP contribution in [0.25, 0.3) is 0 Å². The van der Waals surface area contributed by atoms with Gasteiger partial charge >= 0.3 is 6.03 Å². The summed E-state index contributed by atoms with van der Waals surface area (Å²) in [6, 6.07) is 12.9. The van der Waals surface area contributed by atoms with Gasteiger partial charge in [0.2, 0.25) is 0 Å². The molecule has 0 spiro atoms. The zero-order chi connectivity index (χ0) is 18.4. The number of anilines is 1. The van der Waals surface area contributed by atoms with Crippen LogP contribution in [0.5, 0.6) is 11.5 Å². The van der Waals surface area contributed by atoms with Crippen molar-refractivity contribution in [3.05, 3.63) is 53.1 Å². The van der Waals surface area contributed by atoms with Gasteiger partial charge in [0.1, 0.15) is 11.5 Å². The van der Waals surface area contributed by atoms with Crippen LogP contribution in [0.1, 0.15) is 19.4 Å². The van der Waals surface area contributed by atoms with Gasteiger partial charge in [-0.2, -0.15) is 0 Å². The number of nitrogens with one attached hydrogen (secondary N) is 1. The average Bonchev–Trinajstić information content (AvgIpc) is 2.61. The van der Waals surface area contributed by atoms with Crippen molar-refractivity contribution in [3.63, 3.8) is 0 Å². The molecule has 0 atom stereocenters. The number of urea groups is 1. The minimum Gasteiger partial charge on any atom is -0.495 e. The molecule has 0 radical (unpaired) electrons. The molecule has 0 bridgehead atoms. The molecule has 25 heavy (non-hydrogen) atoms. The Labute approximate surface area is 153 Å². The second-order valence-electron chi connectivity index (χ2n) is 5.82. The first-order valence-corrected chi connectivity index (χ1v) is 8.37. The highest BCUT2D eigenvalue weighted by atomic mass is 35.5. The van der Waals surface area contributed by atoms with Gasteiger partial charge in [0, 0.05) is 24.7 Å². The molecule has 0 aromatic heterocycles. The first-order chi connectivity index (χ1) is 12.0. The number of methoxy groups -OCH3 is 2. The van der Waals surface area contributed by atoms with Gasteiger partial charge in [-0.1, -0.05) is 41.9 Å². The number of halogens is 1. The normalized spacial score (nSPS) is 10.5. The maximum absolute atomic E-state index is 12.8. The van der Waals surface area contributed by atoms with E-state index in [9.17, 15) is 4.79 Å². The number of carbonyl (C=O) groups is 1. The monoisotopic (exact) mass is 362 g/mol. The first-order valence-electron chi connectivity index (χ1n) is 7.99. The van der Waals surface area contributed by atoms with Crippen molar-refractivity contribution < 1.29 is 14.3 Å². The lowest BCUT2D eigenvalue weighted by atomic mass is 10.2. The third-order valence-electron chi connectivity index (χ3n) is 3.80. The molecule has 0 unspecified atom stereocenters. The molecule has 0 heterocycles. The largest absolute Gasteiger partial charge is 0.495 e. The molecule has 2 aromatic rings. The van der Waals surface area contributed by atoms with Crippen LogP contribution in [0, 0.1) is 0 Å². The van der Waals surface area contributed by atoms with Gasteiger partial charge < -0.3 is 19.7 Å². The number of nitrogens with zero attached hydrogens (tertiary/aromatic N) is 1. The lowest BCUT2D eigenvalue weighted by Crippen LogP contribution is -2.39. The summed E-state index contributed by atoms with van der Waals surface area (Å²) in [7, 11) is 3.05. The summed E-state index contributed by atoms with van der Waals surface area (Å²) in [6.45, 7) is 4.46. The van der Waals surface area contributed by atoms with Gasteiger partial charge in [-0.05, 0) is 19.4 Å². The van der Waals surface area contributed by atoms with Gasteiger partial charge in [-0.15, -0.1) is 0 Å². The van der Waals surface area contributed by atoms with E-state index in [1.807, 2.05) is 44.2 Å². The number of benzene rings is 2. The Morgan fingerprint density at radius 2 is 1.76 bits per heavy atom. The van der Waals surface area contributed by atoms with E-state index in [0.29, 0.717) is 28.8 Å². The molecular weight excluding hydrogens is 340 g/mol. The van der Waals surface area contributed by atoms with Crippen LogP contribution in [0.15, 0.2) is 42.5 Å². The van der Waals surface area contributed by atoms with E-state index in [1.54, 1.807) is 17.0 Å². The van der Waals surface area contributed by atoms with E-state index < -0.39 is 0 Å². The maximum atomic E-state index is 12.8. The summed E-state index contributed by atoms with van der Waals surface area (Å²) in [6.07, 6.45) is 0. The molecule has 2 rings (SSSR count). The summed E-state index contributed by atoms with van der Waals surface area (Å²) >= 11 is 6.11. The fraction of sp³-hybridized carbons (Fsp3) is 0.316. The van der Waals surface area contributed by atoms with E-state index >= 15 is 0 Å². The van der Waals surface area contributed by atoms with Crippen LogP contribution in [0.2, 0.25) is 5.02 Å². The van der Waals surface area contributed by atoms with Crippen molar-refractivity contribution in [2.45, 2.75) is 26.4 Å². The fourth-order valence-corrected chi connectivity index (χ4v) is 2.64. The highest BCUT2D eigenvalue weighted by Crippen LogP contribution is 2.36. The highest BCUT2D eigenvalue weighted by Gasteiger charge is 2.20. The number of carbonyl (C=O) groups excluding carboxylic acids is 1. The Balaban J connectivity index is 2.23. The fourth-order valence-electron chi connectivity index (χ4n) is 2.41. The second-order valence-corrected chi connectivity index (χ2v) is 6.23. The Morgan fingerprint density at radius 1 is 1.12 bits per heavy atom. The molecule has 134 valence electrons. The van der Waals surface area contributed by atoms with Crippen molar-refractivity contribution in [1.82, 2.24) is 4.90 Å². The average molecular weight is 363 g/mol. The molecule has 1 N–H and O–H groups in total. The molecular formula is C19H23ClN2O3. The van der Waals surface area contributed by atoms with Gasteiger partial charge in [0.05, 0.1) is 24.9 Å². The Kier molecular flexibility index (Phi) is 6.53. The van der Waals surface area contributed by atoms with Crippen LogP contribution in [-0.2, 0) is 6.54 Å². The lowest BCUT2D eigenvalue weighted by Gasteiger charge is -2.27. The first kappa shape index (κ1) is 18.9. The summed E-state index contributed by atoms with van der Waals surface area (Å²) in [4.78, 5) is 14.5. The van der Waals surface area contributed by atoms with Gasteiger partial charge in [-0.3, -0.25) is 0 Å². The third-order valence-corrected chi connectivity index (χ3v) is 4.09. The molecule has 0 aliphatic rings. The predicted molar refractivity (Wildman–Crippen MR) is 101 cm³/mol. The SMILES string of the molecule is COc1cc(NC(=O)N(Cc2ccccc2)C(C)C)c(OC)cc1Cl. The van der Waals surface area contributed by atoms with Gasteiger partial charge in [0.25, 0.3) is 0 Å². The molecule has 2 aromatic carbocycles. The van der Waals surface area contributed by atoms with Gasteiger partial charge in [-0.25, -0.2) is 4.79 Å². The number of hydrogen-bond acceptors (Lipinski definition) is 3. The number of hydrogen-bond donors (Lipinski definition) is 1. The number of ether oxygens (including phenoxy) is 2. The molecule has 2 amide bonds. The predicted octanol–water partition coefficient (Wildman–Crippen LogP) is 4.80. The number of amides is 2. The lowest BCUT2D eigenvalue weighted by molar-refractivity contribution is 0.193. The molecule has 0 aliphatic carbocycles. The molecule has 0 aliphatic heterocycles. The quantitative estimate of drug-likeness (QED) is 0.803. The van der Waals surface area contributed by atoms with Crippen LogP contribution >= 0.6 is 11.6 Å². The molecule has 5 nitrogen and oxygen atoms in total. The number of rotatable bonds is 6. The smallest absolute Gasteiger partial charge is 0.322 e. The van der Waals surface area contributed by atoms with Crippen molar-refractivity contribution in [2.24, 2.45) is 0 Å². The van der Waals surface area contributed by atoms with E-state index in [4.69, 9.17) is 21.1 Å². The van der Waals surface area contributed by atoms with E-state index in [2.05, 4.69) is 5.32 Å². The highest BCUT2D eigenvalue weighted by molar-refractivity contribution is 6.32. The van der Waals surface area contributed by atoms with Crippen molar-refractivity contribution in [1.29, 1.82) is 0 Å². The summed E-state index contributed by atoms with van der Waals surface area (Å²) in [5.41, 5.74) is 1.57. The minimum atomic E-state index is -0.221. The van der Waals surface area contributed by atoms with Crippen molar-refractivity contribution >= 4 is 23.3 Å².